The van der Waals surface area contributed by atoms with Gasteiger partial charge in [-0.05, 0) is 65.7 Å². The van der Waals surface area contributed by atoms with Crippen LogP contribution in [0.1, 0.15) is 0 Å². The van der Waals surface area contributed by atoms with Crippen molar-refractivity contribution >= 4 is 77.2 Å². The van der Waals surface area contributed by atoms with E-state index < -0.39 is 0 Å². The average molecular weight is 685 g/mol. The second-order valence-corrected chi connectivity index (χ2v) is 13.9. The van der Waals surface area contributed by atoms with Gasteiger partial charge in [-0.15, -0.1) is 0 Å². The van der Waals surface area contributed by atoms with E-state index in [1.807, 2.05) is 12.1 Å². The van der Waals surface area contributed by atoms with Gasteiger partial charge in [-0.3, -0.25) is 0 Å². The van der Waals surface area contributed by atoms with Gasteiger partial charge in [-0.1, -0.05) is 133 Å². The number of aromatic nitrogens is 2. The Morgan fingerprint density at radius 3 is 1.62 bits per heavy atom. The molecule has 244 valence electrons. The molecule has 0 aliphatic heterocycles. The van der Waals surface area contributed by atoms with Crippen LogP contribution >= 0.6 is 11.6 Å². The molecule has 0 N–H and O–H groups in total. The molecule has 0 aliphatic carbocycles. The van der Waals surface area contributed by atoms with Crippen LogP contribution in [0.15, 0.2) is 180 Å². The van der Waals surface area contributed by atoms with Gasteiger partial charge in [0.15, 0.2) is 0 Å². The summed E-state index contributed by atoms with van der Waals surface area (Å²) in [7, 11) is 0. The fourth-order valence-corrected chi connectivity index (χ4v) is 8.54. The number of furan rings is 1. The maximum Gasteiger partial charge on any atom is 0.143 e. The van der Waals surface area contributed by atoms with Gasteiger partial charge in [0.25, 0.3) is 0 Å². The normalized spacial score (nSPS) is 11.9. The van der Waals surface area contributed by atoms with E-state index in [9.17, 15) is 0 Å². The van der Waals surface area contributed by atoms with E-state index in [2.05, 4.69) is 173 Å². The Hall–Kier alpha value is -6.55. The van der Waals surface area contributed by atoms with Crippen LogP contribution in [-0.4, -0.2) is 9.13 Å². The summed E-state index contributed by atoms with van der Waals surface area (Å²) >= 11 is 7.42. The van der Waals surface area contributed by atoms with Crippen molar-refractivity contribution in [2.45, 2.75) is 0 Å². The SMILES string of the molecule is Clc1cc(-n2c3ccccc3c3ccc(-c4ccccc4)cc32)ccc1-c1cc(-n2c3ccccc3c3ccccc32)cc2c1oc1ccccc12. The molecule has 11 rings (SSSR count). The molecule has 3 nitrogen and oxygen atoms in total. The van der Waals surface area contributed by atoms with Crippen molar-refractivity contribution < 1.29 is 4.42 Å². The molecule has 0 fully saturated rings. The van der Waals surface area contributed by atoms with Gasteiger partial charge in [0.05, 0.1) is 27.1 Å². The molecule has 0 amide bonds. The number of fused-ring (bicyclic) bond motifs is 9. The molecule has 52 heavy (non-hydrogen) atoms. The topological polar surface area (TPSA) is 23.0 Å². The lowest BCUT2D eigenvalue weighted by Crippen LogP contribution is -1.97. The molecule has 0 radical (unpaired) electrons. The van der Waals surface area contributed by atoms with E-state index in [1.165, 1.54) is 32.7 Å². The summed E-state index contributed by atoms with van der Waals surface area (Å²) < 4.78 is 11.3. The Morgan fingerprint density at radius 1 is 0.365 bits per heavy atom. The van der Waals surface area contributed by atoms with Gasteiger partial charge >= 0.3 is 0 Å². The van der Waals surface area contributed by atoms with E-state index in [0.29, 0.717) is 5.02 Å². The highest BCUT2D eigenvalue weighted by Gasteiger charge is 2.21. The number of benzene rings is 8. The number of nitrogens with zero attached hydrogens (tertiary/aromatic N) is 2. The van der Waals surface area contributed by atoms with Gasteiger partial charge in [0, 0.05) is 54.8 Å². The van der Waals surface area contributed by atoms with Crippen LogP contribution in [0.4, 0.5) is 0 Å². The zero-order valence-corrected chi connectivity index (χ0v) is 28.7. The maximum absolute atomic E-state index is 7.42. The molecule has 4 heteroatoms. The predicted octanol–water partition coefficient (Wildman–Crippen LogP) is 13.8. The molecule has 11 aromatic rings. The fraction of sp³-hybridized carbons (Fsp3) is 0. The number of hydrogen-bond donors (Lipinski definition) is 0. The Bertz CT molecular complexity index is 3150. The second kappa shape index (κ2) is 11.2. The van der Waals surface area contributed by atoms with Gasteiger partial charge in [0.1, 0.15) is 11.2 Å². The number of para-hydroxylation sites is 4. The van der Waals surface area contributed by atoms with E-state index in [4.69, 9.17) is 16.0 Å². The van der Waals surface area contributed by atoms with Gasteiger partial charge in [0.2, 0.25) is 0 Å². The molecule has 0 atom stereocenters. The first-order valence-corrected chi connectivity index (χ1v) is 17.9. The third-order valence-electron chi connectivity index (χ3n) is 10.6. The zero-order chi connectivity index (χ0) is 34.3. The molecule has 0 unspecified atom stereocenters. The third kappa shape index (κ3) is 4.27. The van der Waals surface area contributed by atoms with Crippen LogP contribution in [0.3, 0.4) is 0 Å². The Labute approximate surface area is 304 Å². The number of halogens is 1. The van der Waals surface area contributed by atoms with E-state index in [-0.39, 0.29) is 0 Å². The van der Waals surface area contributed by atoms with Crippen molar-refractivity contribution in [2.75, 3.05) is 0 Å². The fourth-order valence-electron chi connectivity index (χ4n) is 8.26. The third-order valence-corrected chi connectivity index (χ3v) is 10.9. The molecule has 8 aromatic carbocycles. The first-order chi connectivity index (χ1) is 25.7. The molecule has 0 aliphatic rings. The second-order valence-electron chi connectivity index (χ2n) is 13.5. The smallest absolute Gasteiger partial charge is 0.143 e. The summed E-state index contributed by atoms with van der Waals surface area (Å²) in [4.78, 5) is 0. The first-order valence-electron chi connectivity index (χ1n) is 17.5. The van der Waals surface area contributed by atoms with E-state index in [1.54, 1.807) is 0 Å². The largest absolute Gasteiger partial charge is 0.455 e. The summed E-state index contributed by atoms with van der Waals surface area (Å²) in [6.07, 6.45) is 0. The van der Waals surface area contributed by atoms with Crippen molar-refractivity contribution in [2.24, 2.45) is 0 Å². The van der Waals surface area contributed by atoms with Crippen molar-refractivity contribution in [3.8, 4) is 33.6 Å². The molecular weight excluding hydrogens is 656 g/mol. The Kier molecular flexibility index (Phi) is 6.31. The van der Waals surface area contributed by atoms with Crippen molar-refractivity contribution in [3.05, 3.63) is 181 Å². The number of rotatable bonds is 4. The van der Waals surface area contributed by atoms with E-state index >= 15 is 0 Å². The molecule has 3 heterocycles. The van der Waals surface area contributed by atoms with Crippen LogP contribution in [-0.2, 0) is 0 Å². The average Bonchev–Trinajstić information content (AvgIpc) is 3.85. The van der Waals surface area contributed by atoms with Crippen molar-refractivity contribution in [1.29, 1.82) is 0 Å². The minimum Gasteiger partial charge on any atom is -0.455 e. The molecule has 3 aromatic heterocycles. The van der Waals surface area contributed by atoms with Crippen LogP contribution in [0, 0.1) is 0 Å². The van der Waals surface area contributed by atoms with Crippen molar-refractivity contribution in [3.63, 3.8) is 0 Å². The summed E-state index contributed by atoms with van der Waals surface area (Å²) in [5.74, 6) is 0. The quantitative estimate of drug-likeness (QED) is 0.181. The minimum atomic E-state index is 0.656. The highest BCUT2D eigenvalue weighted by Crippen LogP contribution is 2.43. The molecule has 0 bridgehead atoms. The van der Waals surface area contributed by atoms with Crippen LogP contribution in [0.2, 0.25) is 5.02 Å². The van der Waals surface area contributed by atoms with Crippen molar-refractivity contribution in [1.82, 2.24) is 9.13 Å². The minimum absolute atomic E-state index is 0.656. The van der Waals surface area contributed by atoms with Crippen LogP contribution < -0.4 is 0 Å². The molecule has 0 saturated carbocycles. The predicted molar refractivity (Wildman–Crippen MR) is 218 cm³/mol. The van der Waals surface area contributed by atoms with Gasteiger partial charge in [-0.25, -0.2) is 0 Å². The highest BCUT2D eigenvalue weighted by molar-refractivity contribution is 6.34. The summed E-state index contributed by atoms with van der Waals surface area (Å²) in [6, 6.07) is 62.3. The molecule has 0 spiro atoms. The zero-order valence-electron chi connectivity index (χ0n) is 27.9. The Balaban J connectivity index is 1.15. The van der Waals surface area contributed by atoms with Gasteiger partial charge < -0.3 is 13.6 Å². The van der Waals surface area contributed by atoms with Gasteiger partial charge in [-0.2, -0.15) is 0 Å². The van der Waals surface area contributed by atoms with Crippen LogP contribution in [0.5, 0.6) is 0 Å². The highest BCUT2D eigenvalue weighted by atomic mass is 35.5. The Morgan fingerprint density at radius 2 is 0.942 bits per heavy atom. The maximum atomic E-state index is 7.42. The monoisotopic (exact) mass is 684 g/mol. The summed E-state index contributed by atoms with van der Waals surface area (Å²) in [6.45, 7) is 0. The standard InChI is InChI=1S/C48H29ClN2O/c49-42-29-32(50-43-18-8-6-16-37(43)38-24-22-31(26-46(38)50)30-12-2-1-3-13-30)23-25-34(42)40-27-33(28-41-39-17-7-11-21-47(39)52-48(40)41)51-44-19-9-4-14-35(44)36-15-5-10-20-45(36)51/h1-29H. The van der Waals surface area contributed by atoms with E-state index in [0.717, 1.165) is 66.5 Å². The number of hydrogen-bond acceptors (Lipinski definition) is 1. The lowest BCUT2D eigenvalue weighted by molar-refractivity contribution is 0.670. The summed E-state index contributed by atoms with van der Waals surface area (Å²) in [5.41, 5.74) is 12.6. The lowest BCUT2D eigenvalue weighted by atomic mass is 10.0. The summed E-state index contributed by atoms with van der Waals surface area (Å²) in [5, 5.41) is 7.65. The molecular formula is C48H29ClN2O. The molecule has 0 saturated heterocycles. The lowest BCUT2D eigenvalue weighted by Gasteiger charge is -2.14. The first kappa shape index (κ1) is 29.2. The van der Waals surface area contributed by atoms with Crippen LogP contribution in [0.25, 0.3) is 99.2 Å².